The van der Waals surface area contributed by atoms with Gasteiger partial charge in [-0.25, -0.2) is 8.78 Å². The van der Waals surface area contributed by atoms with Crippen LogP contribution >= 0.6 is 11.8 Å². The minimum absolute atomic E-state index is 0.0644. The molecule has 0 atom stereocenters. The molecule has 0 aliphatic rings. The van der Waals surface area contributed by atoms with Crippen LogP contribution in [0.3, 0.4) is 0 Å². The second-order valence-corrected chi connectivity index (χ2v) is 6.35. The summed E-state index contributed by atoms with van der Waals surface area (Å²) in [4.78, 5) is 11.5. The molecule has 2 nitrogen and oxygen atoms in total. The first-order valence-corrected chi connectivity index (χ1v) is 6.16. The highest BCUT2D eigenvalue weighted by molar-refractivity contribution is 8.01. The molecule has 0 heterocycles. The van der Waals surface area contributed by atoms with Gasteiger partial charge in [0, 0.05) is 4.75 Å². The van der Waals surface area contributed by atoms with Crippen molar-refractivity contribution in [3.05, 3.63) is 29.8 Å². The summed E-state index contributed by atoms with van der Waals surface area (Å²) in [6.45, 7) is 5.90. The zero-order valence-corrected chi connectivity index (χ0v) is 10.8. The third-order valence-electron chi connectivity index (χ3n) is 1.86. The number of benzene rings is 1. The molecular formula is C12H15F2NOS. The summed E-state index contributed by atoms with van der Waals surface area (Å²) in [5.74, 6) is -1.77. The number of halogens is 2. The van der Waals surface area contributed by atoms with E-state index in [0.29, 0.717) is 0 Å². The van der Waals surface area contributed by atoms with Gasteiger partial charge in [0.25, 0.3) is 0 Å². The third kappa shape index (κ3) is 4.73. The molecule has 0 saturated carbocycles. The minimum Gasteiger partial charge on any atom is -0.320 e. The molecule has 0 bridgehead atoms. The van der Waals surface area contributed by atoms with Crippen molar-refractivity contribution in [1.29, 1.82) is 0 Å². The first kappa shape index (κ1) is 14.0. The van der Waals surface area contributed by atoms with Crippen molar-refractivity contribution in [3.8, 4) is 0 Å². The summed E-state index contributed by atoms with van der Waals surface area (Å²) in [5, 5.41) is 2.24. The third-order valence-corrected chi connectivity index (χ3v) is 3.14. The average Bonchev–Trinajstić information content (AvgIpc) is 2.20. The second-order valence-electron chi connectivity index (χ2n) is 4.55. The van der Waals surface area contributed by atoms with Gasteiger partial charge >= 0.3 is 0 Å². The van der Waals surface area contributed by atoms with Gasteiger partial charge in [-0.2, -0.15) is 0 Å². The molecule has 0 unspecified atom stereocenters. The van der Waals surface area contributed by atoms with E-state index in [4.69, 9.17) is 0 Å². The summed E-state index contributed by atoms with van der Waals surface area (Å²) >= 11 is 1.42. The van der Waals surface area contributed by atoms with Crippen LogP contribution in [0, 0.1) is 11.6 Å². The molecule has 0 spiro atoms. The van der Waals surface area contributed by atoms with Gasteiger partial charge in [-0.1, -0.05) is 26.8 Å². The number of carbonyl (C=O) groups excluding carboxylic acids is 1. The van der Waals surface area contributed by atoms with Crippen molar-refractivity contribution in [2.75, 3.05) is 11.1 Å². The lowest BCUT2D eigenvalue weighted by Gasteiger charge is -2.17. The van der Waals surface area contributed by atoms with Crippen molar-refractivity contribution in [2.24, 2.45) is 0 Å². The molecule has 0 radical (unpaired) electrons. The molecule has 17 heavy (non-hydrogen) atoms. The lowest BCUT2D eigenvalue weighted by atomic mass is 10.3. The molecule has 0 aliphatic heterocycles. The molecular weight excluding hydrogens is 244 g/mol. The highest BCUT2D eigenvalue weighted by atomic mass is 32.2. The quantitative estimate of drug-likeness (QED) is 0.901. The molecule has 5 heteroatoms. The fraction of sp³-hybridized carbons (Fsp3) is 0.417. The number of rotatable bonds is 3. The van der Waals surface area contributed by atoms with E-state index >= 15 is 0 Å². The number of hydrogen-bond acceptors (Lipinski definition) is 2. The van der Waals surface area contributed by atoms with Crippen molar-refractivity contribution >= 4 is 23.4 Å². The van der Waals surface area contributed by atoms with Gasteiger partial charge in [0.2, 0.25) is 5.91 Å². The van der Waals surface area contributed by atoms with E-state index in [2.05, 4.69) is 5.32 Å². The number of thioether (sulfide) groups is 1. The maximum atomic E-state index is 13.2. The van der Waals surface area contributed by atoms with Crippen LogP contribution in [0.5, 0.6) is 0 Å². The largest absolute Gasteiger partial charge is 0.320 e. The maximum Gasteiger partial charge on any atom is 0.234 e. The van der Waals surface area contributed by atoms with Crippen molar-refractivity contribution in [2.45, 2.75) is 25.5 Å². The number of carbonyl (C=O) groups is 1. The molecule has 1 N–H and O–H groups in total. The molecule has 94 valence electrons. The predicted octanol–water partition coefficient (Wildman–Crippen LogP) is 3.44. The zero-order valence-electron chi connectivity index (χ0n) is 10.0. The number of amides is 1. The van der Waals surface area contributed by atoms with Crippen molar-refractivity contribution < 1.29 is 13.6 Å². The zero-order chi connectivity index (χ0) is 13.1. The Bertz CT molecular complexity index is 395. The van der Waals surface area contributed by atoms with E-state index in [0.717, 1.165) is 12.1 Å². The molecule has 0 saturated heterocycles. The monoisotopic (exact) mass is 259 g/mol. The highest BCUT2D eigenvalue weighted by Crippen LogP contribution is 2.24. The smallest absolute Gasteiger partial charge is 0.234 e. The Morgan fingerprint density at radius 3 is 2.29 bits per heavy atom. The van der Waals surface area contributed by atoms with Crippen LogP contribution in [0.2, 0.25) is 0 Å². The average molecular weight is 259 g/mol. The number of hydrogen-bond donors (Lipinski definition) is 1. The second kappa shape index (κ2) is 5.49. The Morgan fingerprint density at radius 1 is 1.29 bits per heavy atom. The Morgan fingerprint density at radius 2 is 1.82 bits per heavy atom. The lowest BCUT2D eigenvalue weighted by molar-refractivity contribution is -0.113. The lowest BCUT2D eigenvalue weighted by Crippen LogP contribution is -2.20. The van der Waals surface area contributed by atoms with E-state index in [1.165, 1.54) is 17.8 Å². The standard InChI is InChI=1S/C12H15F2NOS/c1-12(2,3)17-7-10(16)15-11-8(13)5-4-6-9(11)14/h4-6H,7H2,1-3H3,(H,15,16). The van der Waals surface area contributed by atoms with E-state index in [-0.39, 0.29) is 16.2 Å². The predicted molar refractivity (Wildman–Crippen MR) is 67.2 cm³/mol. The minimum atomic E-state index is -0.765. The van der Waals surface area contributed by atoms with Crippen LogP contribution in [0.25, 0.3) is 0 Å². The van der Waals surface area contributed by atoms with E-state index < -0.39 is 17.5 Å². The summed E-state index contributed by atoms with van der Waals surface area (Å²) in [6, 6.07) is 3.47. The molecule has 1 aromatic carbocycles. The topological polar surface area (TPSA) is 29.1 Å². The highest BCUT2D eigenvalue weighted by Gasteiger charge is 2.16. The van der Waals surface area contributed by atoms with Gasteiger partial charge < -0.3 is 5.32 Å². The number of nitrogens with one attached hydrogen (secondary N) is 1. The SMILES string of the molecule is CC(C)(C)SCC(=O)Nc1c(F)cccc1F. The Hall–Kier alpha value is -1.10. The van der Waals surface area contributed by atoms with Gasteiger partial charge in [-0.3, -0.25) is 4.79 Å². The molecule has 0 aliphatic carbocycles. The van der Waals surface area contributed by atoms with Gasteiger partial charge in [0.1, 0.15) is 17.3 Å². The molecule has 0 aromatic heterocycles. The van der Waals surface area contributed by atoms with Crippen LogP contribution in [-0.2, 0) is 4.79 Å². The van der Waals surface area contributed by atoms with Crippen molar-refractivity contribution in [1.82, 2.24) is 0 Å². The first-order chi connectivity index (χ1) is 7.79. The fourth-order valence-electron chi connectivity index (χ4n) is 1.07. The summed E-state index contributed by atoms with van der Waals surface area (Å²) in [6.07, 6.45) is 0. The summed E-state index contributed by atoms with van der Waals surface area (Å²) in [5.41, 5.74) is -0.382. The van der Waals surface area contributed by atoms with Crippen LogP contribution in [0.15, 0.2) is 18.2 Å². The van der Waals surface area contributed by atoms with Crippen LogP contribution in [0.1, 0.15) is 20.8 Å². The van der Waals surface area contributed by atoms with Gasteiger partial charge in [-0.15, -0.1) is 11.8 Å². The van der Waals surface area contributed by atoms with Gasteiger partial charge in [0.15, 0.2) is 0 Å². The van der Waals surface area contributed by atoms with Crippen molar-refractivity contribution in [3.63, 3.8) is 0 Å². The van der Waals surface area contributed by atoms with Crippen LogP contribution < -0.4 is 5.32 Å². The van der Waals surface area contributed by atoms with E-state index in [1.807, 2.05) is 20.8 Å². The Kier molecular flexibility index (Phi) is 4.51. The summed E-state index contributed by atoms with van der Waals surface area (Å²) in [7, 11) is 0. The maximum absolute atomic E-state index is 13.2. The van der Waals surface area contributed by atoms with Crippen LogP contribution in [-0.4, -0.2) is 16.4 Å². The number of anilines is 1. The molecule has 1 rings (SSSR count). The molecule has 1 amide bonds. The summed E-state index contributed by atoms with van der Waals surface area (Å²) < 4.78 is 26.4. The van der Waals surface area contributed by atoms with Gasteiger partial charge in [-0.05, 0) is 12.1 Å². The normalized spacial score (nSPS) is 11.4. The number of para-hydroxylation sites is 1. The Labute approximate surface area is 104 Å². The van der Waals surface area contributed by atoms with E-state index in [9.17, 15) is 13.6 Å². The molecule has 1 aromatic rings. The first-order valence-electron chi connectivity index (χ1n) is 5.17. The fourth-order valence-corrected chi connectivity index (χ4v) is 1.71. The Balaban J connectivity index is 2.63. The van der Waals surface area contributed by atoms with Gasteiger partial charge in [0.05, 0.1) is 5.75 Å². The molecule has 0 fully saturated rings. The van der Waals surface area contributed by atoms with E-state index in [1.54, 1.807) is 0 Å². The van der Waals surface area contributed by atoms with Crippen LogP contribution in [0.4, 0.5) is 14.5 Å².